The van der Waals surface area contributed by atoms with Gasteiger partial charge in [0.05, 0.1) is 18.4 Å². The molecule has 174 valence electrons. The molecule has 0 saturated carbocycles. The predicted molar refractivity (Wildman–Crippen MR) is 127 cm³/mol. The summed E-state index contributed by atoms with van der Waals surface area (Å²) >= 11 is 1.47. The molecule has 9 heteroatoms. The third kappa shape index (κ3) is 5.10. The Morgan fingerprint density at radius 3 is 2.70 bits per heavy atom. The van der Waals surface area contributed by atoms with Crippen molar-refractivity contribution in [2.24, 2.45) is 0 Å². The van der Waals surface area contributed by atoms with Gasteiger partial charge in [-0.05, 0) is 38.0 Å². The van der Waals surface area contributed by atoms with Crippen LogP contribution in [0.2, 0.25) is 0 Å². The van der Waals surface area contributed by atoms with Crippen LogP contribution in [0.25, 0.3) is 10.6 Å². The number of hydrogen-bond donors (Lipinski definition) is 0. The Labute approximate surface area is 198 Å². The average molecular weight is 487 g/mol. The molecule has 1 saturated heterocycles. The van der Waals surface area contributed by atoms with Crippen molar-refractivity contribution < 1.29 is 22.7 Å². The molecule has 1 aliphatic heterocycles. The number of piperidine rings is 1. The minimum atomic E-state index is -3.81. The molecule has 2 aromatic carbocycles. The highest BCUT2D eigenvalue weighted by Gasteiger charge is 2.33. The summed E-state index contributed by atoms with van der Waals surface area (Å²) in [5.41, 5.74) is 1.78. The highest BCUT2D eigenvalue weighted by atomic mass is 32.2. The summed E-state index contributed by atoms with van der Waals surface area (Å²) in [6.45, 7) is 2.35. The van der Waals surface area contributed by atoms with Gasteiger partial charge in [0, 0.05) is 23.5 Å². The standard InChI is InChI=1S/C24H26N2O5S2/c1-17-8-6-7-13-26(17)33(28,29)22-14-19(11-12-21(22)30-2)24(27)31-15-20-16-32-23(25-20)18-9-4-3-5-10-18/h3-5,9-12,14,16-17H,6-8,13,15H2,1-2H3/t17-/m1/s1. The first kappa shape index (κ1) is 23.4. The molecule has 3 aromatic rings. The number of benzene rings is 2. The number of hydrogen-bond acceptors (Lipinski definition) is 7. The topological polar surface area (TPSA) is 85.8 Å². The molecule has 1 fully saturated rings. The molecule has 0 radical (unpaired) electrons. The largest absolute Gasteiger partial charge is 0.495 e. The number of nitrogens with zero attached hydrogens (tertiary/aromatic N) is 2. The second-order valence-electron chi connectivity index (χ2n) is 7.91. The van der Waals surface area contributed by atoms with Crippen molar-refractivity contribution in [3.05, 3.63) is 65.2 Å². The van der Waals surface area contributed by atoms with Crippen LogP contribution >= 0.6 is 11.3 Å². The van der Waals surface area contributed by atoms with Crippen molar-refractivity contribution in [2.45, 2.75) is 43.7 Å². The third-order valence-corrected chi connectivity index (χ3v) is 8.63. The molecular weight excluding hydrogens is 460 g/mol. The molecule has 0 spiro atoms. The van der Waals surface area contributed by atoms with Crippen LogP contribution in [0.5, 0.6) is 5.75 Å². The zero-order chi connectivity index (χ0) is 23.4. The van der Waals surface area contributed by atoms with E-state index in [1.807, 2.05) is 42.6 Å². The van der Waals surface area contributed by atoms with Crippen LogP contribution in [0.1, 0.15) is 42.2 Å². The molecule has 33 heavy (non-hydrogen) atoms. The van der Waals surface area contributed by atoms with Gasteiger partial charge in [-0.15, -0.1) is 11.3 Å². The second kappa shape index (κ2) is 10.0. The Morgan fingerprint density at radius 1 is 1.18 bits per heavy atom. The van der Waals surface area contributed by atoms with Crippen LogP contribution < -0.4 is 4.74 Å². The normalized spacial score (nSPS) is 17.0. The van der Waals surface area contributed by atoms with Crippen molar-refractivity contribution in [1.82, 2.24) is 9.29 Å². The molecule has 1 aromatic heterocycles. The van der Waals surface area contributed by atoms with E-state index in [1.165, 1.54) is 41.0 Å². The Kier molecular flexibility index (Phi) is 7.11. The van der Waals surface area contributed by atoms with Gasteiger partial charge in [-0.25, -0.2) is 18.2 Å². The molecule has 0 N–H and O–H groups in total. The van der Waals surface area contributed by atoms with Crippen molar-refractivity contribution in [3.63, 3.8) is 0 Å². The first-order valence-corrected chi connectivity index (χ1v) is 13.1. The fourth-order valence-electron chi connectivity index (χ4n) is 3.87. The van der Waals surface area contributed by atoms with Crippen LogP contribution in [0, 0.1) is 0 Å². The number of carbonyl (C=O) groups is 1. The fourth-order valence-corrected chi connectivity index (χ4v) is 6.56. The van der Waals surface area contributed by atoms with E-state index in [0.29, 0.717) is 12.2 Å². The molecule has 1 aliphatic rings. The van der Waals surface area contributed by atoms with E-state index in [9.17, 15) is 13.2 Å². The molecule has 7 nitrogen and oxygen atoms in total. The highest BCUT2D eigenvalue weighted by Crippen LogP contribution is 2.32. The number of esters is 1. The van der Waals surface area contributed by atoms with E-state index in [0.717, 1.165) is 29.8 Å². The Balaban J connectivity index is 1.51. The SMILES string of the molecule is COc1ccc(C(=O)OCc2csc(-c3ccccc3)n2)cc1S(=O)(=O)N1CCCC[C@H]1C. The Morgan fingerprint density at radius 2 is 1.97 bits per heavy atom. The zero-order valence-corrected chi connectivity index (χ0v) is 20.2. The van der Waals surface area contributed by atoms with Crippen LogP contribution in [0.3, 0.4) is 0 Å². The quantitative estimate of drug-likeness (QED) is 0.449. The first-order chi connectivity index (χ1) is 15.9. The summed E-state index contributed by atoms with van der Waals surface area (Å²) in [4.78, 5) is 17.2. The Hall–Kier alpha value is -2.75. The maximum atomic E-state index is 13.4. The van der Waals surface area contributed by atoms with Crippen LogP contribution in [0.4, 0.5) is 0 Å². The second-order valence-corrected chi connectivity index (χ2v) is 10.6. The smallest absolute Gasteiger partial charge is 0.338 e. The highest BCUT2D eigenvalue weighted by molar-refractivity contribution is 7.89. The van der Waals surface area contributed by atoms with E-state index >= 15 is 0 Å². The molecular formula is C24H26N2O5S2. The molecule has 0 bridgehead atoms. The molecule has 1 atom stereocenters. The lowest BCUT2D eigenvalue weighted by molar-refractivity contribution is 0.0468. The van der Waals surface area contributed by atoms with Gasteiger partial charge in [-0.3, -0.25) is 0 Å². The number of ether oxygens (including phenoxy) is 2. The molecule has 0 amide bonds. The minimum Gasteiger partial charge on any atom is -0.495 e. The maximum Gasteiger partial charge on any atom is 0.338 e. The van der Waals surface area contributed by atoms with Crippen LogP contribution in [-0.2, 0) is 21.4 Å². The predicted octanol–water partition coefficient (Wildman–Crippen LogP) is 4.74. The van der Waals surface area contributed by atoms with Crippen molar-refractivity contribution in [1.29, 1.82) is 0 Å². The number of thiazole rings is 1. The monoisotopic (exact) mass is 486 g/mol. The Bertz CT molecular complexity index is 1220. The van der Waals surface area contributed by atoms with Crippen LogP contribution in [-0.4, -0.2) is 43.4 Å². The van der Waals surface area contributed by atoms with E-state index in [2.05, 4.69) is 4.98 Å². The average Bonchev–Trinajstić information content (AvgIpc) is 3.32. The summed E-state index contributed by atoms with van der Waals surface area (Å²) in [5.74, 6) is -0.411. The molecule has 4 rings (SSSR count). The van der Waals surface area contributed by atoms with Crippen molar-refractivity contribution in [3.8, 4) is 16.3 Å². The van der Waals surface area contributed by atoms with Gasteiger partial charge in [0.2, 0.25) is 10.0 Å². The first-order valence-electron chi connectivity index (χ1n) is 10.8. The lowest BCUT2D eigenvalue weighted by Crippen LogP contribution is -2.42. The van der Waals surface area contributed by atoms with E-state index < -0.39 is 16.0 Å². The van der Waals surface area contributed by atoms with Gasteiger partial charge in [0.15, 0.2) is 0 Å². The van der Waals surface area contributed by atoms with Gasteiger partial charge in [0.25, 0.3) is 0 Å². The molecule has 2 heterocycles. The summed E-state index contributed by atoms with van der Waals surface area (Å²) in [7, 11) is -2.40. The number of sulfonamides is 1. The lowest BCUT2D eigenvalue weighted by Gasteiger charge is -2.32. The summed E-state index contributed by atoms with van der Waals surface area (Å²) in [5, 5.41) is 2.69. The van der Waals surface area contributed by atoms with Gasteiger partial charge >= 0.3 is 5.97 Å². The maximum absolute atomic E-state index is 13.4. The number of rotatable bonds is 7. The van der Waals surface area contributed by atoms with Gasteiger partial charge in [-0.1, -0.05) is 36.8 Å². The van der Waals surface area contributed by atoms with Crippen LogP contribution in [0.15, 0.2) is 58.8 Å². The van der Waals surface area contributed by atoms with Gasteiger partial charge in [-0.2, -0.15) is 4.31 Å². The summed E-state index contributed by atoms with van der Waals surface area (Å²) < 4.78 is 38.9. The lowest BCUT2D eigenvalue weighted by atomic mass is 10.1. The zero-order valence-electron chi connectivity index (χ0n) is 18.6. The van der Waals surface area contributed by atoms with Crippen molar-refractivity contribution >= 4 is 27.3 Å². The van der Waals surface area contributed by atoms with Gasteiger partial charge < -0.3 is 9.47 Å². The third-order valence-electron chi connectivity index (χ3n) is 5.65. The summed E-state index contributed by atoms with van der Waals surface area (Å²) in [6.07, 6.45) is 2.62. The van der Waals surface area contributed by atoms with E-state index in [1.54, 1.807) is 0 Å². The van der Waals surface area contributed by atoms with Gasteiger partial charge in [0.1, 0.15) is 22.3 Å². The summed E-state index contributed by atoms with van der Waals surface area (Å²) in [6, 6.07) is 14.0. The van der Waals surface area contributed by atoms with E-state index in [4.69, 9.17) is 9.47 Å². The number of aromatic nitrogens is 1. The molecule has 0 unspecified atom stereocenters. The number of methoxy groups -OCH3 is 1. The number of carbonyl (C=O) groups excluding carboxylic acids is 1. The van der Waals surface area contributed by atoms with E-state index in [-0.39, 0.29) is 28.9 Å². The molecule has 0 aliphatic carbocycles. The minimum absolute atomic E-state index is 0.000557. The van der Waals surface area contributed by atoms with Crippen molar-refractivity contribution in [2.75, 3.05) is 13.7 Å². The fraction of sp³-hybridized carbons (Fsp3) is 0.333.